The van der Waals surface area contributed by atoms with Gasteiger partial charge in [0.2, 0.25) is 0 Å². The van der Waals surface area contributed by atoms with Gasteiger partial charge in [-0.3, -0.25) is 0 Å². The highest BCUT2D eigenvalue weighted by Gasteiger charge is 2.16. The highest BCUT2D eigenvalue weighted by atomic mass is 14.9. The molecule has 1 aliphatic heterocycles. The average molecular weight is 210 g/mol. The summed E-state index contributed by atoms with van der Waals surface area (Å²) in [5.74, 6) is 0.981. The third-order valence-corrected chi connectivity index (χ3v) is 4.00. The molecular weight excluding hydrogens is 184 g/mol. The molecule has 2 fully saturated rings. The van der Waals surface area contributed by atoms with E-state index in [-0.39, 0.29) is 0 Å². The number of nitrogens with one attached hydrogen (secondary N) is 2. The van der Waals surface area contributed by atoms with Gasteiger partial charge in [0.1, 0.15) is 0 Å². The van der Waals surface area contributed by atoms with Crippen molar-refractivity contribution >= 4 is 0 Å². The van der Waals surface area contributed by atoms with Crippen LogP contribution in [0.2, 0.25) is 0 Å². The zero-order valence-corrected chi connectivity index (χ0v) is 9.93. The molecular formula is C13H26N2. The molecule has 1 saturated carbocycles. The van der Waals surface area contributed by atoms with Crippen LogP contribution in [0.1, 0.15) is 51.4 Å². The fourth-order valence-corrected chi connectivity index (χ4v) is 2.95. The molecule has 0 aromatic carbocycles. The third kappa shape index (κ3) is 4.12. The van der Waals surface area contributed by atoms with Crippen LogP contribution in [0.25, 0.3) is 0 Å². The molecule has 0 aromatic rings. The Kier molecular flexibility index (Phi) is 4.94. The summed E-state index contributed by atoms with van der Waals surface area (Å²) in [5, 5.41) is 7.27. The van der Waals surface area contributed by atoms with Gasteiger partial charge in [-0.25, -0.2) is 0 Å². The number of hydrogen-bond acceptors (Lipinski definition) is 2. The summed E-state index contributed by atoms with van der Waals surface area (Å²) in [6.45, 7) is 3.72. The Morgan fingerprint density at radius 3 is 2.60 bits per heavy atom. The predicted molar refractivity (Wildman–Crippen MR) is 65.1 cm³/mol. The molecule has 2 nitrogen and oxygen atoms in total. The van der Waals surface area contributed by atoms with E-state index in [0.717, 1.165) is 12.0 Å². The van der Waals surface area contributed by atoms with Gasteiger partial charge in [-0.15, -0.1) is 0 Å². The molecule has 0 spiro atoms. The van der Waals surface area contributed by atoms with Crippen molar-refractivity contribution in [1.29, 1.82) is 0 Å². The van der Waals surface area contributed by atoms with Gasteiger partial charge in [-0.2, -0.15) is 0 Å². The van der Waals surface area contributed by atoms with E-state index in [9.17, 15) is 0 Å². The van der Waals surface area contributed by atoms with E-state index < -0.39 is 0 Å². The molecule has 1 atom stereocenters. The van der Waals surface area contributed by atoms with Crippen molar-refractivity contribution in [3.63, 3.8) is 0 Å². The second-order valence-corrected chi connectivity index (χ2v) is 5.29. The highest BCUT2D eigenvalue weighted by molar-refractivity contribution is 4.75. The van der Waals surface area contributed by atoms with E-state index >= 15 is 0 Å². The first kappa shape index (κ1) is 11.4. The van der Waals surface area contributed by atoms with Crippen LogP contribution in [0.15, 0.2) is 0 Å². The largest absolute Gasteiger partial charge is 0.317 e. The van der Waals surface area contributed by atoms with Gasteiger partial charge < -0.3 is 10.6 Å². The molecule has 1 aliphatic carbocycles. The lowest BCUT2D eigenvalue weighted by atomic mass is 9.89. The Morgan fingerprint density at radius 1 is 0.867 bits per heavy atom. The average Bonchev–Trinajstić information content (AvgIpc) is 2.56. The van der Waals surface area contributed by atoms with Crippen molar-refractivity contribution in [2.45, 2.75) is 57.4 Å². The Hall–Kier alpha value is -0.0800. The SMILES string of the molecule is C1CCC(CNC2CCCNCC2)CC1. The van der Waals surface area contributed by atoms with E-state index in [4.69, 9.17) is 0 Å². The number of rotatable bonds is 3. The lowest BCUT2D eigenvalue weighted by Gasteiger charge is -2.24. The molecule has 0 bridgehead atoms. The molecule has 0 radical (unpaired) electrons. The Bertz CT molecular complexity index is 156. The van der Waals surface area contributed by atoms with E-state index in [1.165, 1.54) is 71.0 Å². The van der Waals surface area contributed by atoms with Gasteiger partial charge in [0, 0.05) is 6.04 Å². The van der Waals surface area contributed by atoms with E-state index in [1.807, 2.05) is 0 Å². The fourth-order valence-electron chi connectivity index (χ4n) is 2.95. The van der Waals surface area contributed by atoms with Crippen LogP contribution in [0, 0.1) is 5.92 Å². The third-order valence-electron chi connectivity index (χ3n) is 4.00. The van der Waals surface area contributed by atoms with Crippen LogP contribution in [-0.2, 0) is 0 Å². The van der Waals surface area contributed by atoms with Crippen molar-refractivity contribution in [1.82, 2.24) is 10.6 Å². The van der Waals surface area contributed by atoms with E-state index in [2.05, 4.69) is 10.6 Å². The second kappa shape index (κ2) is 6.49. The van der Waals surface area contributed by atoms with Crippen LogP contribution >= 0.6 is 0 Å². The van der Waals surface area contributed by atoms with Gasteiger partial charge in [0.05, 0.1) is 0 Å². The molecule has 0 aromatic heterocycles. The van der Waals surface area contributed by atoms with Gasteiger partial charge >= 0.3 is 0 Å². The first-order valence-electron chi connectivity index (χ1n) is 6.89. The summed E-state index contributed by atoms with van der Waals surface area (Å²) >= 11 is 0. The summed E-state index contributed by atoms with van der Waals surface area (Å²) in [5.41, 5.74) is 0. The lowest BCUT2D eigenvalue weighted by molar-refractivity contribution is 0.320. The standard InChI is InChI=1S/C13H26N2/c1-2-5-12(6-3-1)11-15-13-7-4-9-14-10-8-13/h12-15H,1-11H2. The molecule has 2 aliphatic rings. The maximum atomic E-state index is 3.79. The molecule has 2 rings (SSSR count). The van der Waals surface area contributed by atoms with Crippen molar-refractivity contribution in [2.24, 2.45) is 5.92 Å². The van der Waals surface area contributed by atoms with Gasteiger partial charge in [0.15, 0.2) is 0 Å². The molecule has 1 saturated heterocycles. The van der Waals surface area contributed by atoms with Gasteiger partial charge in [-0.05, 0) is 57.7 Å². The highest BCUT2D eigenvalue weighted by Crippen LogP contribution is 2.23. The second-order valence-electron chi connectivity index (χ2n) is 5.29. The normalized spacial score (nSPS) is 30.0. The minimum Gasteiger partial charge on any atom is -0.317 e. The van der Waals surface area contributed by atoms with Crippen LogP contribution in [0.3, 0.4) is 0 Å². The molecule has 2 heteroatoms. The van der Waals surface area contributed by atoms with Crippen LogP contribution in [0.4, 0.5) is 0 Å². The fraction of sp³-hybridized carbons (Fsp3) is 1.00. The predicted octanol–water partition coefficient (Wildman–Crippen LogP) is 2.30. The summed E-state index contributed by atoms with van der Waals surface area (Å²) in [6, 6.07) is 0.793. The molecule has 15 heavy (non-hydrogen) atoms. The quantitative estimate of drug-likeness (QED) is 0.747. The Morgan fingerprint density at radius 2 is 1.73 bits per heavy atom. The van der Waals surface area contributed by atoms with Crippen molar-refractivity contribution in [3.05, 3.63) is 0 Å². The first-order chi connectivity index (χ1) is 7.45. The topological polar surface area (TPSA) is 24.1 Å². The summed E-state index contributed by atoms with van der Waals surface area (Å²) in [4.78, 5) is 0. The zero-order valence-electron chi connectivity index (χ0n) is 9.93. The summed E-state index contributed by atoms with van der Waals surface area (Å²) in [7, 11) is 0. The molecule has 88 valence electrons. The first-order valence-corrected chi connectivity index (χ1v) is 6.89. The molecule has 2 N–H and O–H groups in total. The van der Waals surface area contributed by atoms with Crippen molar-refractivity contribution in [3.8, 4) is 0 Å². The minimum atomic E-state index is 0.793. The smallest absolute Gasteiger partial charge is 0.00797 e. The van der Waals surface area contributed by atoms with Crippen LogP contribution in [-0.4, -0.2) is 25.7 Å². The number of hydrogen-bond donors (Lipinski definition) is 2. The lowest BCUT2D eigenvalue weighted by Crippen LogP contribution is -2.34. The maximum absolute atomic E-state index is 3.79. The zero-order chi connectivity index (χ0) is 10.3. The molecule has 0 amide bonds. The van der Waals surface area contributed by atoms with Gasteiger partial charge in [0.25, 0.3) is 0 Å². The van der Waals surface area contributed by atoms with Crippen LogP contribution in [0.5, 0.6) is 0 Å². The monoisotopic (exact) mass is 210 g/mol. The minimum absolute atomic E-state index is 0.793. The van der Waals surface area contributed by atoms with E-state index in [1.54, 1.807) is 0 Å². The van der Waals surface area contributed by atoms with Crippen molar-refractivity contribution < 1.29 is 0 Å². The maximum Gasteiger partial charge on any atom is 0.00797 e. The van der Waals surface area contributed by atoms with Crippen LogP contribution < -0.4 is 10.6 Å². The molecule has 1 heterocycles. The Labute approximate surface area is 94.2 Å². The summed E-state index contributed by atoms with van der Waals surface area (Å²) < 4.78 is 0. The van der Waals surface area contributed by atoms with E-state index in [0.29, 0.717) is 0 Å². The summed E-state index contributed by atoms with van der Waals surface area (Å²) in [6.07, 6.45) is 11.4. The van der Waals surface area contributed by atoms with Gasteiger partial charge in [-0.1, -0.05) is 19.3 Å². The Balaban J connectivity index is 1.62. The molecule has 1 unspecified atom stereocenters. The van der Waals surface area contributed by atoms with Crippen molar-refractivity contribution in [2.75, 3.05) is 19.6 Å².